The molecule has 13 heteroatoms. The lowest BCUT2D eigenvalue weighted by Gasteiger charge is -2.18. The van der Waals surface area contributed by atoms with E-state index >= 15 is 0 Å². The summed E-state index contributed by atoms with van der Waals surface area (Å²) in [7, 11) is -1.30. The van der Waals surface area contributed by atoms with Crippen LogP contribution in [0.3, 0.4) is 0 Å². The Labute approximate surface area is 228 Å². The Bertz CT molecular complexity index is 1550. The number of benzene rings is 1. The molecule has 0 radical (unpaired) electrons. The summed E-state index contributed by atoms with van der Waals surface area (Å²) in [4.78, 5) is 43.2. The van der Waals surface area contributed by atoms with Crippen molar-refractivity contribution >= 4 is 65.5 Å². The summed E-state index contributed by atoms with van der Waals surface area (Å²) < 4.78 is 38.2. The molecule has 1 aliphatic rings. The SMILES string of the molecule is COCCn1c(=NC(=O)CS(=O)(=O)CC(=O)Nc2sc3c(c2C(=O)OC)CCC(C)C3)sc2ccccc21. The van der Waals surface area contributed by atoms with Gasteiger partial charge in [0.25, 0.3) is 5.91 Å². The van der Waals surface area contributed by atoms with Gasteiger partial charge < -0.3 is 19.4 Å². The van der Waals surface area contributed by atoms with E-state index in [2.05, 4.69) is 17.2 Å². The Balaban J connectivity index is 1.50. The van der Waals surface area contributed by atoms with Crippen LogP contribution in [-0.2, 0) is 48.3 Å². The fraction of sp³-hybridized carbons (Fsp3) is 0.440. The van der Waals surface area contributed by atoms with Crippen molar-refractivity contribution in [3.63, 3.8) is 0 Å². The molecule has 3 aromatic rings. The van der Waals surface area contributed by atoms with Gasteiger partial charge in [-0.2, -0.15) is 4.99 Å². The van der Waals surface area contributed by atoms with Gasteiger partial charge in [0.2, 0.25) is 5.91 Å². The zero-order valence-electron chi connectivity index (χ0n) is 21.3. The van der Waals surface area contributed by atoms with Crippen LogP contribution >= 0.6 is 22.7 Å². The Hall–Kier alpha value is -2.87. The molecule has 10 nitrogen and oxygen atoms in total. The first kappa shape index (κ1) is 28.1. The number of methoxy groups -OCH3 is 2. The minimum atomic E-state index is -4.13. The molecular formula is C25H29N3O7S3. The highest BCUT2D eigenvalue weighted by atomic mass is 32.2. The van der Waals surface area contributed by atoms with Crippen molar-refractivity contribution in [1.82, 2.24) is 4.57 Å². The van der Waals surface area contributed by atoms with Crippen LogP contribution in [-0.4, -0.2) is 63.1 Å². The van der Waals surface area contributed by atoms with E-state index in [-0.39, 0.29) is 10.6 Å². The van der Waals surface area contributed by atoms with Gasteiger partial charge in [-0.25, -0.2) is 13.2 Å². The Morgan fingerprint density at radius 3 is 2.66 bits per heavy atom. The summed E-state index contributed by atoms with van der Waals surface area (Å²) in [6.07, 6.45) is 2.37. The van der Waals surface area contributed by atoms with Crippen molar-refractivity contribution in [2.24, 2.45) is 10.9 Å². The summed E-state index contributed by atoms with van der Waals surface area (Å²) in [6.45, 7) is 2.94. The summed E-state index contributed by atoms with van der Waals surface area (Å²) in [6, 6.07) is 7.50. The van der Waals surface area contributed by atoms with Gasteiger partial charge in [-0.15, -0.1) is 11.3 Å². The molecule has 1 unspecified atom stereocenters. The van der Waals surface area contributed by atoms with E-state index in [1.54, 1.807) is 11.7 Å². The van der Waals surface area contributed by atoms with Crippen LogP contribution in [0.15, 0.2) is 29.3 Å². The van der Waals surface area contributed by atoms with Gasteiger partial charge in [0.1, 0.15) is 16.5 Å². The second-order valence-corrected chi connectivity index (χ2v) is 13.3. The number of para-hydroxylation sites is 1. The zero-order chi connectivity index (χ0) is 27.4. The molecule has 2 amide bonds. The number of sulfone groups is 1. The molecule has 1 atom stereocenters. The first-order valence-electron chi connectivity index (χ1n) is 12.0. The van der Waals surface area contributed by atoms with Crippen LogP contribution in [0.25, 0.3) is 10.2 Å². The number of anilines is 1. The van der Waals surface area contributed by atoms with Crippen LogP contribution in [0.4, 0.5) is 5.00 Å². The number of amides is 2. The van der Waals surface area contributed by atoms with E-state index in [1.807, 2.05) is 24.3 Å². The molecule has 1 aromatic carbocycles. The molecule has 204 valence electrons. The van der Waals surface area contributed by atoms with Crippen LogP contribution in [0, 0.1) is 5.92 Å². The molecule has 1 N–H and O–H groups in total. The lowest BCUT2D eigenvalue weighted by molar-refractivity contribution is -0.115. The topological polar surface area (TPSA) is 133 Å². The third-order valence-electron chi connectivity index (χ3n) is 6.18. The first-order valence-corrected chi connectivity index (χ1v) is 15.4. The Morgan fingerprint density at radius 1 is 1.16 bits per heavy atom. The van der Waals surface area contributed by atoms with Crippen molar-refractivity contribution in [2.75, 3.05) is 37.6 Å². The van der Waals surface area contributed by atoms with Gasteiger partial charge in [0.15, 0.2) is 14.6 Å². The van der Waals surface area contributed by atoms with E-state index in [0.717, 1.165) is 33.5 Å². The normalized spacial score (nSPS) is 15.9. The second-order valence-electron chi connectivity index (χ2n) is 9.13. The van der Waals surface area contributed by atoms with Crippen LogP contribution in [0.1, 0.15) is 34.1 Å². The zero-order valence-corrected chi connectivity index (χ0v) is 23.8. The minimum Gasteiger partial charge on any atom is -0.465 e. The number of thiazole rings is 1. The third kappa shape index (κ3) is 6.40. The van der Waals surface area contributed by atoms with E-state index < -0.39 is 39.1 Å². The van der Waals surface area contributed by atoms with Crippen LogP contribution < -0.4 is 10.1 Å². The maximum Gasteiger partial charge on any atom is 0.341 e. The predicted molar refractivity (Wildman–Crippen MR) is 146 cm³/mol. The fourth-order valence-corrected chi connectivity index (χ4v) is 7.91. The summed E-state index contributed by atoms with van der Waals surface area (Å²) >= 11 is 2.53. The lowest BCUT2D eigenvalue weighted by Crippen LogP contribution is -2.28. The number of rotatable bonds is 9. The molecule has 2 aromatic heterocycles. The average molecular weight is 580 g/mol. The molecule has 4 rings (SSSR count). The molecule has 0 bridgehead atoms. The number of hydrogen-bond donors (Lipinski definition) is 1. The Kier molecular flexibility index (Phi) is 8.81. The van der Waals surface area contributed by atoms with E-state index in [9.17, 15) is 22.8 Å². The number of carbonyl (C=O) groups excluding carboxylic acids is 3. The van der Waals surface area contributed by atoms with E-state index in [4.69, 9.17) is 9.47 Å². The molecule has 0 spiro atoms. The minimum absolute atomic E-state index is 0.275. The standard InChI is InChI=1S/C25H29N3O7S3/c1-15-8-9-16-19(12-15)36-23(22(16)24(31)35-3)26-20(29)13-38(32,33)14-21(30)27-25-28(10-11-34-2)17-6-4-5-7-18(17)37-25/h4-7,15H,8-14H2,1-3H3,(H,26,29). The highest BCUT2D eigenvalue weighted by Gasteiger charge is 2.30. The van der Waals surface area contributed by atoms with Gasteiger partial charge in [-0.3, -0.25) is 9.59 Å². The van der Waals surface area contributed by atoms with Crippen LogP contribution in [0.5, 0.6) is 0 Å². The number of hydrogen-bond acceptors (Lipinski definition) is 9. The summed E-state index contributed by atoms with van der Waals surface area (Å²) in [5, 5.41) is 2.84. The van der Waals surface area contributed by atoms with Crippen LogP contribution in [0.2, 0.25) is 0 Å². The number of nitrogens with one attached hydrogen (secondary N) is 1. The maximum atomic E-state index is 12.7. The van der Waals surface area contributed by atoms with Gasteiger partial charge in [-0.05, 0) is 42.9 Å². The molecule has 2 heterocycles. The molecule has 1 aliphatic carbocycles. The van der Waals surface area contributed by atoms with Crippen molar-refractivity contribution < 1.29 is 32.3 Å². The molecular weight excluding hydrogens is 550 g/mol. The number of fused-ring (bicyclic) bond motifs is 2. The van der Waals surface area contributed by atoms with Gasteiger partial charge in [0.05, 0.1) is 29.5 Å². The number of esters is 1. The largest absolute Gasteiger partial charge is 0.465 e. The number of carbonyl (C=O) groups is 3. The molecule has 38 heavy (non-hydrogen) atoms. The van der Waals surface area contributed by atoms with Crippen molar-refractivity contribution in [3.8, 4) is 0 Å². The van der Waals surface area contributed by atoms with Crippen molar-refractivity contribution in [3.05, 3.63) is 45.1 Å². The first-order chi connectivity index (χ1) is 18.1. The summed E-state index contributed by atoms with van der Waals surface area (Å²) in [5.74, 6) is -3.66. The van der Waals surface area contributed by atoms with E-state index in [1.165, 1.54) is 29.8 Å². The molecule has 0 aliphatic heterocycles. The molecule has 0 saturated carbocycles. The molecule has 0 fully saturated rings. The predicted octanol–water partition coefficient (Wildman–Crippen LogP) is 2.80. The Morgan fingerprint density at radius 2 is 1.92 bits per heavy atom. The maximum absolute atomic E-state index is 12.7. The molecule has 0 saturated heterocycles. The van der Waals surface area contributed by atoms with Crippen molar-refractivity contribution in [2.45, 2.75) is 32.7 Å². The van der Waals surface area contributed by atoms with Crippen molar-refractivity contribution in [1.29, 1.82) is 0 Å². The summed E-state index contributed by atoms with van der Waals surface area (Å²) in [5.41, 5.74) is 1.98. The number of nitrogens with zero attached hydrogens (tertiary/aromatic N) is 2. The monoisotopic (exact) mass is 579 g/mol. The quantitative estimate of drug-likeness (QED) is 0.386. The number of thiophene rings is 1. The number of ether oxygens (including phenoxy) is 2. The number of aromatic nitrogens is 1. The van der Waals surface area contributed by atoms with Gasteiger partial charge in [-0.1, -0.05) is 30.4 Å². The lowest BCUT2D eigenvalue weighted by atomic mass is 9.88. The fourth-order valence-electron chi connectivity index (χ4n) is 4.40. The average Bonchev–Trinajstić information content (AvgIpc) is 3.37. The van der Waals surface area contributed by atoms with Gasteiger partial charge in [0, 0.05) is 18.5 Å². The van der Waals surface area contributed by atoms with E-state index in [0.29, 0.717) is 30.3 Å². The second kappa shape index (κ2) is 11.9. The van der Waals surface area contributed by atoms with Gasteiger partial charge >= 0.3 is 5.97 Å². The highest BCUT2D eigenvalue weighted by Crippen LogP contribution is 2.40. The highest BCUT2D eigenvalue weighted by molar-refractivity contribution is 7.92. The third-order valence-corrected chi connectivity index (χ3v) is 9.79. The smallest absolute Gasteiger partial charge is 0.341 e.